The normalized spacial score (nSPS) is 10.6. The number of carbonyl (C=O) groups is 1. The fourth-order valence-corrected chi connectivity index (χ4v) is 3.52. The van der Waals surface area contributed by atoms with Gasteiger partial charge in [0.25, 0.3) is 0 Å². The summed E-state index contributed by atoms with van der Waals surface area (Å²) in [4.78, 5) is 18.4. The van der Waals surface area contributed by atoms with Crippen molar-refractivity contribution >= 4 is 27.6 Å². The SMILES string of the molecule is COc1ccc(CCNC(=O)N(C)Cc2nc3ccccc3s2)cc1. The van der Waals surface area contributed by atoms with Gasteiger partial charge in [-0.3, -0.25) is 0 Å². The Bertz CT molecular complexity index is 812. The Kier molecular flexibility index (Phi) is 5.50. The zero-order chi connectivity index (χ0) is 17.6. The van der Waals surface area contributed by atoms with Gasteiger partial charge in [0.05, 0.1) is 23.9 Å². The van der Waals surface area contributed by atoms with Crippen LogP contribution in [-0.4, -0.2) is 36.6 Å². The molecule has 3 rings (SSSR count). The van der Waals surface area contributed by atoms with E-state index in [0.717, 1.165) is 33.0 Å². The number of urea groups is 1. The number of thiazole rings is 1. The average Bonchev–Trinajstić information content (AvgIpc) is 3.04. The lowest BCUT2D eigenvalue weighted by molar-refractivity contribution is 0.207. The number of aromatic nitrogens is 1. The van der Waals surface area contributed by atoms with Crippen LogP contribution >= 0.6 is 11.3 Å². The van der Waals surface area contributed by atoms with Crippen LogP contribution in [0.15, 0.2) is 48.5 Å². The number of hydrogen-bond acceptors (Lipinski definition) is 4. The molecular formula is C19H21N3O2S. The third-order valence-electron chi connectivity index (χ3n) is 3.91. The van der Waals surface area contributed by atoms with Crippen LogP contribution in [0.5, 0.6) is 5.75 Å². The monoisotopic (exact) mass is 355 g/mol. The molecular weight excluding hydrogens is 334 g/mol. The van der Waals surface area contributed by atoms with Crippen LogP contribution in [0.1, 0.15) is 10.6 Å². The molecule has 0 bridgehead atoms. The van der Waals surface area contributed by atoms with Crippen LogP contribution in [0, 0.1) is 0 Å². The minimum Gasteiger partial charge on any atom is -0.497 e. The number of amides is 2. The number of para-hydroxylation sites is 1. The first-order valence-electron chi connectivity index (χ1n) is 8.12. The van der Waals surface area contributed by atoms with Crippen molar-refractivity contribution < 1.29 is 9.53 Å². The molecule has 0 unspecified atom stereocenters. The van der Waals surface area contributed by atoms with Gasteiger partial charge in [0, 0.05) is 13.6 Å². The molecule has 130 valence electrons. The van der Waals surface area contributed by atoms with E-state index in [1.54, 1.807) is 30.4 Å². The van der Waals surface area contributed by atoms with Crippen molar-refractivity contribution in [3.63, 3.8) is 0 Å². The van der Waals surface area contributed by atoms with Gasteiger partial charge in [-0.25, -0.2) is 9.78 Å². The van der Waals surface area contributed by atoms with Crippen molar-refractivity contribution in [1.29, 1.82) is 0 Å². The molecule has 0 aliphatic rings. The topological polar surface area (TPSA) is 54.5 Å². The second kappa shape index (κ2) is 7.98. The van der Waals surface area contributed by atoms with E-state index in [9.17, 15) is 4.79 Å². The van der Waals surface area contributed by atoms with Crippen molar-refractivity contribution in [2.45, 2.75) is 13.0 Å². The van der Waals surface area contributed by atoms with E-state index in [-0.39, 0.29) is 6.03 Å². The summed E-state index contributed by atoms with van der Waals surface area (Å²) in [5.41, 5.74) is 2.14. The summed E-state index contributed by atoms with van der Waals surface area (Å²) in [7, 11) is 3.44. The number of carbonyl (C=O) groups excluding carboxylic acids is 1. The molecule has 2 aromatic carbocycles. The maximum absolute atomic E-state index is 12.2. The van der Waals surface area contributed by atoms with Crippen molar-refractivity contribution in [3.05, 3.63) is 59.1 Å². The Balaban J connectivity index is 1.48. The molecule has 0 aliphatic heterocycles. The molecule has 25 heavy (non-hydrogen) atoms. The fourth-order valence-electron chi connectivity index (χ4n) is 2.50. The maximum atomic E-state index is 12.2. The first-order valence-corrected chi connectivity index (χ1v) is 8.93. The number of benzene rings is 2. The highest BCUT2D eigenvalue weighted by Crippen LogP contribution is 2.22. The van der Waals surface area contributed by atoms with Crippen LogP contribution in [0.4, 0.5) is 4.79 Å². The molecule has 0 radical (unpaired) electrons. The van der Waals surface area contributed by atoms with Gasteiger partial charge in [0.15, 0.2) is 0 Å². The fraction of sp³-hybridized carbons (Fsp3) is 0.263. The number of rotatable bonds is 6. The van der Waals surface area contributed by atoms with Gasteiger partial charge in [0.2, 0.25) is 0 Å². The molecule has 5 nitrogen and oxygen atoms in total. The van der Waals surface area contributed by atoms with Gasteiger partial charge in [-0.2, -0.15) is 0 Å². The van der Waals surface area contributed by atoms with Gasteiger partial charge < -0.3 is 15.0 Å². The largest absolute Gasteiger partial charge is 0.497 e. The standard InChI is InChI=1S/C19H21N3O2S/c1-22(13-18-21-16-5-3-4-6-17(16)25-18)19(23)20-12-11-14-7-9-15(24-2)10-8-14/h3-10H,11-13H2,1-2H3,(H,20,23). The zero-order valence-corrected chi connectivity index (χ0v) is 15.2. The summed E-state index contributed by atoms with van der Waals surface area (Å²) in [5.74, 6) is 0.836. The Morgan fingerprint density at radius 1 is 1.20 bits per heavy atom. The average molecular weight is 355 g/mol. The van der Waals surface area contributed by atoms with E-state index in [1.165, 1.54) is 0 Å². The lowest BCUT2D eigenvalue weighted by Gasteiger charge is -2.16. The Labute approximate surface area is 151 Å². The second-order valence-electron chi connectivity index (χ2n) is 5.76. The third kappa shape index (κ3) is 4.48. The predicted octanol–water partition coefficient (Wildman–Crippen LogP) is 3.69. The Morgan fingerprint density at radius 3 is 2.68 bits per heavy atom. The second-order valence-corrected chi connectivity index (χ2v) is 6.88. The minimum atomic E-state index is -0.0900. The minimum absolute atomic E-state index is 0.0900. The first-order chi connectivity index (χ1) is 12.2. The molecule has 3 aromatic rings. The van der Waals surface area contributed by atoms with Crippen molar-refractivity contribution in [1.82, 2.24) is 15.2 Å². The lowest BCUT2D eigenvalue weighted by atomic mass is 10.1. The smallest absolute Gasteiger partial charge is 0.317 e. The summed E-state index contributed by atoms with van der Waals surface area (Å²) >= 11 is 1.62. The quantitative estimate of drug-likeness (QED) is 0.734. The summed E-state index contributed by atoms with van der Waals surface area (Å²) in [6.45, 7) is 1.10. The van der Waals surface area contributed by atoms with Crippen LogP contribution in [-0.2, 0) is 13.0 Å². The summed E-state index contributed by atoms with van der Waals surface area (Å²) in [5, 5.41) is 3.89. The van der Waals surface area contributed by atoms with Gasteiger partial charge in [0.1, 0.15) is 10.8 Å². The highest BCUT2D eigenvalue weighted by Gasteiger charge is 2.11. The van der Waals surface area contributed by atoms with Gasteiger partial charge >= 0.3 is 6.03 Å². The van der Waals surface area contributed by atoms with Crippen molar-refractivity contribution in [2.24, 2.45) is 0 Å². The molecule has 0 atom stereocenters. The van der Waals surface area contributed by atoms with E-state index in [4.69, 9.17) is 4.74 Å². The van der Waals surface area contributed by atoms with Crippen LogP contribution < -0.4 is 10.1 Å². The number of ether oxygens (including phenoxy) is 1. The summed E-state index contributed by atoms with van der Waals surface area (Å²) in [6.07, 6.45) is 0.782. The number of methoxy groups -OCH3 is 1. The third-order valence-corrected chi connectivity index (χ3v) is 4.93. The van der Waals surface area contributed by atoms with Crippen molar-refractivity contribution in [3.8, 4) is 5.75 Å². The summed E-state index contributed by atoms with van der Waals surface area (Å²) in [6, 6.07) is 15.8. The Hall–Kier alpha value is -2.60. The first kappa shape index (κ1) is 17.2. The van der Waals surface area contributed by atoms with Crippen LogP contribution in [0.25, 0.3) is 10.2 Å². The van der Waals surface area contributed by atoms with Crippen LogP contribution in [0.2, 0.25) is 0 Å². The maximum Gasteiger partial charge on any atom is 0.317 e. The van der Waals surface area contributed by atoms with E-state index in [1.807, 2.05) is 48.5 Å². The molecule has 6 heteroatoms. The van der Waals surface area contributed by atoms with Gasteiger partial charge in [-0.1, -0.05) is 24.3 Å². The predicted molar refractivity (Wildman–Crippen MR) is 101 cm³/mol. The summed E-state index contributed by atoms with van der Waals surface area (Å²) < 4.78 is 6.28. The molecule has 0 saturated heterocycles. The van der Waals surface area contributed by atoms with E-state index >= 15 is 0 Å². The number of nitrogens with zero attached hydrogens (tertiary/aromatic N) is 2. The molecule has 2 amide bonds. The number of hydrogen-bond donors (Lipinski definition) is 1. The number of nitrogens with one attached hydrogen (secondary N) is 1. The molecule has 0 spiro atoms. The van der Waals surface area contributed by atoms with Gasteiger partial charge in [-0.05, 0) is 36.2 Å². The Morgan fingerprint density at radius 2 is 1.96 bits per heavy atom. The highest BCUT2D eigenvalue weighted by molar-refractivity contribution is 7.18. The molecule has 0 aliphatic carbocycles. The van der Waals surface area contributed by atoms with E-state index in [0.29, 0.717) is 13.1 Å². The molecule has 0 fully saturated rings. The molecule has 1 heterocycles. The number of fused-ring (bicyclic) bond motifs is 1. The van der Waals surface area contributed by atoms with Crippen LogP contribution in [0.3, 0.4) is 0 Å². The zero-order valence-electron chi connectivity index (χ0n) is 14.4. The van der Waals surface area contributed by atoms with Crippen molar-refractivity contribution in [2.75, 3.05) is 20.7 Å². The molecule has 1 aromatic heterocycles. The van der Waals surface area contributed by atoms with Gasteiger partial charge in [-0.15, -0.1) is 11.3 Å². The lowest BCUT2D eigenvalue weighted by Crippen LogP contribution is -2.37. The highest BCUT2D eigenvalue weighted by atomic mass is 32.1. The van der Waals surface area contributed by atoms with E-state index in [2.05, 4.69) is 10.3 Å². The van der Waals surface area contributed by atoms with E-state index < -0.39 is 0 Å². The molecule has 1 N–H and O–H groups in total. The molecule has 0 saturated carbocycles.